The van der Waals surface area contributed by atoms with Crippen molar-refractivity contribution in [1.29, 1.82) is 10.8 Å². The molecule has 3 aliphatic carbocycles. The number of ether oxygens (including phenoxy) is 6. The highest BCUT2D eigenvalue weighted by Gasteiger charge is 2.78. The number of nitrogens with two attached hydrogens (primary N) is 2. The second-order valence-electron chi connectivity index (χ2n) is 42.1. The molecule has 38 heteroatoms. The van der Waals surface area contributed by atoms with Gasteiger partial charge in [0.2, 0.25) is 47.5 Å². The number of carboxylic acid groups (broad SMARTS) is 1. The van der Waals surface area contributed by atoms with Crippen LogP contribution in [-0.4, -0.2) is 265 Å². The average Bonchev–Trinajstić information content (AvgIpc) is 0.840. The second kappa shape index (κ2) is 47.8. The number of nitrogens with zero attached hydrogens (tertiary/aromatic N) is 3. The molecule has 4 saturated heterocycles. The van der Waals surface area contributed by atoms with Gasteiger partial charge in [0.05, 0.1) is 58.9 Å². The minimum Gasteiger partial charge on any atom is -0.508 e. The van der Waals surface area contributed by atoms with Gasteiger partial charge in [0.15, 0.2) is 34.9 Å². The molecule has 3 aromatic rings. The summed E-state index contributed by atoms with van der Waals surface area (Å²) in [5, 5.41) is 62.9. The molecule has 0 radical (unpaired) electrons. The van der Waals surface area contributed by atoms with Gasteiger partial charge in [-0.3, -0.25) is 82.8 Å². The van der Waals surface area contributed by atoms with Crippen molar-refractivity contribution in [3.05, 3.63) is 113 Å². The smallest absolute Gasteiger partial charge is 0.348 e. The maximum absolute atomic E-state index is 15.9. The summed E-state index contributed by atoms with van der Waals surface area (Å²) in [7, 11) is 1.45. The third-order valence-electron chi connectivity index (χ3n) is 29.7. The Hall–Kier alpha value is -11.5. The standard InChI is InChI=1S/C104H146N12O25S/c1-57(2)48-68(94(131)132)52-75(122)85(99(8,9)10)113-89(126)67(49-63-39-41-69(119)42-40-63)51-74(121)71-36-28-46-114(71)91(128)66(34-26-43-109-97(105)106)50-73(120)70(35-27-44-110-98(107)108)112-90(127)72-37-29-47-115(72)93(130)86(111-61(6)117)101(13,14)142-77-53-80(123)116(92(77)129)45-25-19-24-38-81(124)139-83(58(3)64-30-20-17-21-31-64)96(134)138-76-55-104(135)88(140-95(133)65-32-22-18-23-33-65)84-102(15,87(125)60(5)82(59(76)4)100(104,11)12)78(136-16)54-79-103(84,56-137-79)141-62(7)118/h17-18,20-23,30-33,39-42,57-58,60,66-68,70-72,76-79,83-86,88,119,135H,19,24-29,34-38,43-56H2,1-16H3,(H,111,117)(H,112,127)(H,113,126)(H,131,132)(H4,105,106,109)(H4,107,108,110)/t58-,60+,66+,67+,68+,70-,71-,72-,76-,77?,78-,79+,83+,84-,85+,86+,88-,102+,103-,104+/m0/s1. The van der Waals surface area contributed by atoms with Crippen LogP contribution >= 0.6 is 11.8 Å². The van der Waals surface area contributed by atoms with Gasteiger partial charge in [-0.1, -0.05) is 129 Å². The molecule has 1 unspecified atom stereocenters. The summed E-state index contributed by atoms with van der Waals surface area (Å²) in [5.41, 5.74) is 5.51. The van der Waals surface area contributed by atoms with Gasteiger partial charge in [-0.05, 0) is 163 Å². The summed E-state index contributed by atoms with van der Waals surface area (Å²) < 4.78 is 36.5. The number of hydrogen-bond donors (Lipinski definition) is 12. The number of benzene rings is 3. The normalized spacial score (nSPS) is 25.3. The Labute approximate surface area is 834 Å². The number of esters is 4. The van der Waals surface area contributed by atoms with Gasteiger partial charge in [-0.25, -0.2) is 9.59 Å². The van der Waals surface area contributed by atoms with E-state index >= 15 is 28.8 Å². The van der Waals surface area contributed by atoms with E-state index in [-0.39, 0.29) is 171 Å². The Balaban J connectivity index is 0.796. The van der Waals surface area contributed by atoms with E-state index in [4.69, 9.17) is 50.7 Å². The number of rotatable bonds is 47. The zero-order valence-corrected chi connectivity index (χ0v) is 85.4. The third kappa shape index (κ3) is 26.2. The van der Waals surface area contributed by atoms with Gasteiger partial charge in [0, 0.05) is 132 Å². The van der Waals surface area contributed by atoms with Crippen LogP contribution in [0.4, 0.5) is 0 Å². The lowest BCUT2D eigenvalue weighted by atomic mass is 9.43. The first-order valence-corrected chi connectivity index (χ1v) is 50.4. The number of likely N-dealkylation sites (tertiary alicyclic amines) is 3. The number of imide groups is 1. The van der Waals surface area contributed by atoms with E-state index in [1.807, 2.05) is 13.8 Å². The molecular formula is C104H146N12O25S. The van der Waals surface area contributed by atoms with E-state index in [0.717, 1.165) is 16.7 Å². The number of methoxy groups -OCH3 is 1. The quantitative estimate of drug-likeness (QED) is 0.00481. The number of aliphatic carboxylic acids is 1. The van der Waals surface area contributed by atoms with Gasteiger partial charge in [-0.15, -0.1) is 11.8 Å². The zero-order chi connectivity index (χ0) is 105. The van der Waals surface area contributed by atoms with Crippen LogP contribution in [0.1, 0.15) is 253 Å². The summed E-state index contributed by atoms with van der Waals surface area (Å²) in [6.07, 6.45) is -6.55. The Kier molecular flexibility index (Phi) is 37.9. The van der Waals surface area contributed by atoms with Gasteiger partial charge in [-0.2, -0.15) is 0 Å². The van der Waals surface area contributed by atoms with E-state index < -0.39 is 241 Å². The number of carbonyl (C=O) groups excluding carboxylic acids is 15. The molecule has 2 bridgehead atoms. The van der Waals surface area contributed by atoms with Crippen molar-refractivity contribution in [1.82, 2.24) is 41.3 Å². The van der Waals surface area contributed by atoms with Crippen molar-refractivity contribution in [3.63, 3.8) is 0 Å². The first-order valence-electron chi connectivity index (χ1n) is 49.5. The van der Waals surface area contributed by atoms with Gasteiger partial charge >= 0.3 is 29.8 Å². The first kappa shape index (κ1) is 112. The van der Waals surface area contributed by atoms with Crippen molar-refractivity contribution in [3.8, 4) is 5.75 Å². The van der Waals surface area contributed by atoms with Crippen LogP contribution in [0.15, 0.2) is 96.1 Å². The predicted molar refractivity (Wildman–Crippen MR) is 524 cm³/mol. The van der Waals surface area contributed by atoms with Gasteiger partial charge in [0.1, 0.15) is 47.5 Å². The average molecular weight is 2000 g/mol. The largest absolute Gasteiger partial charge is 0.508 e. The number of Topliss-reactive ketones (excluding diaryl/α,β-unsaturated/α-hetero) is 4. The molecule has 7 aliphatic rings. The molecule has 0 aromatic heterocycles. The fraction of sp³-hybridized carbons (Fsp3) is 0.635. The van der Waals surface area contributed by atoms with Crippen molar-refractivity contribution in [2.24, 2.45) is 63.2 Å². The SMILES string of the molecule is CO[C@H]1C[C@H]2OC[C@@]2(OC(C)=O)[C@H]2[C@H](OC(=O)c3ccccc3)[C@]3(O)C[C@H](OC(=O)[C@H](OC(=O)CCCCCN4C(=O)CC(SC(C)(C)[C@H](NC(C)=O)C(=O)N5CCC[C@H]5C(=O)N[C@@H](CCCNC(=N)N)C(=O)C[C@@H](CCCNC(=N)N)C(=O)N5CCC[C@H]5C(=O)C[C@@H](Cc5ccc(O)cc5)C(=O)N[C@H](C(=O)C[C@@H](CC(C)C)C(=O)O)C(C)(C)C)C4=O)[C@@H](C)c4ccccc4)C(C)=C([C@@H](C)C(=O)[C@]12C)C3(C)C. The Morgan fingerprint density at radius 2 is 1.32 bits per heavy atom. The maximum Gasteiger partial charge on any atom is 0.348 e. The van der Waals surface area contributed by atoms with Gasteiger partial charge < -0.3 is 91.6 Å². The molecule has 10 rings (SSSR count). The molecule has 4 heterocycles. The summed E-state index contributed by atoms with van der Waals surface area (Å²) in [5.74, 6) is -18.3. The van der Waals surface area contributed by atoms with Gasteiger partial charge in [0.25, 0.3) is 0 Å². The molecule has 37 nitrogen and oxygen atoms in total. The Bertz CT molecular complexity index is 5200. The van der Waals surface area contributed by atoms with Crippen LogP contribution in [0.5, 0.6) is 5.75 Å². The lowest BCUT2D eigenvalue weighted by molar-refractivity contribution is -0.346. The summed E-state index contributed by atoms with van der Waals surface area (Å²) in [4.78, 5) is 236. The lowest BCUT2D eigenvalue weighted by Gasteiger charge is -2.68. The molecule has 778 valence electrons. The Morgan fingerprint density at radius 1 is 0.711 bits per heavy atom. The van der Waals surface area contributed by atoms with Crippen LogP contribution in [-0.2, 0) is 107 Å². The summed E-state index contributed by atoms with van der Waals surface area (Å²) in [6.45, 7) is 24.7. The number of ketones is 4. The number of amides is 7. The lowest BCUT2D eigenvalue weighted by Crippen LogP contribution is -2.81. The topological polar surface area (TPSA) is 559 Å². The van der Waals surface area contributed by atoms with E-state index in [1.165, 1.54) is 55.0 Å². The summed E-state index contributed by atoms with van der Waals surface area (Å²) in [6, 6.07) is 16.6. The van der Waals surface area contributed by atoms with E-state index in [0.29, 0.717) is 35.1 Å². The van der Waals surface area contributed by atoms with Crippen LogP contribution in [0.25, 0.3) is 0 Å². The van der Waals surface area contributed by atoms with Crippen LogP contribution in [0.2, 0.25) is 0 Å². The number of carbonyl (C=O) groups is 16. The van der Waals surface area contributed by atoms with Crippen LogP contribution in [0.3, 0.4) is 0 Å². The molecular weight excluding hydrogens is 1850 g/mol. The molecule has 0 spiro atoms. The third-order valence-corrected chi connectivity index (χ3v) is 31.2. The van der Waals surface area contributed by atoms with Crippen LogP contribution < -0.4 is 38.1 Å². The molecule has 3 aromatic carbocycles. The molecule has 142 heavy (non-hydrogen) atoms. The van der Waals surface area contributed by atoms with E-state index in [9.17, 15) is 63.3 Å². The Morgan fingerprint density at radius 3 is 1.89 bits per heavy atom. The molecule has 20 atom stereocenters. The highest BCUT2D eigenvalue weighted by molar-refractivity contribution is 8.02. The van der Waals surface area contributed by atoms with Crippen molar-refractivity contribution in [2.45, 2.75) is 320 Å². The first-order chi connectivity index (χ1) is 66.7. The number of aromatic hydroxyl groups is 1. The number of phenolic OH excluding ortho intramolecular Hbond substituents is 1. The van der Waals surface area contributed by atoms with E-state index in [1.54, 1.807) is 137 Å². The zero-order valence-electron chi connectivity index (χ0n) is 84.6. The maximum atomic E-state index is 15.9. The molecule has 6 fully saturated rings. The number of unbranched alkanes of at least 4 members (excludes halogenated alkanes) is 2. The monoisotopic (exact) mass is 2000 g/mol. The highest BCUT2D eigenvalue weighted by Crippen LogP contribution is 2.66. The van der Waals surface area contributed by atoms with E-state index in [2.05, 4.69) is 26.6 Å². The van der Waals surface area contributed by atoms with Crippen LogP contribution in [0, 0.1) is 62.6 Å². The number of aliphatic hydroxyl groups is 1. The number of nitrogens with one attached hydrogen (secondary N) is 7. The summed E-state index contributed by atoms with van der Waals surface area (Å²) >= 11 is 0.984. The predicted octanol–water partition coefficient (Wildman–Crippen LogP) is 8.31. The number of hydrogen-bond acceptors (Lipinski definition) is 27. The number of carboxylic acids is 1. The van der Waals surface area contributed by atoms with Crippen molar-refractivity contribution < 1.29 is 120 Å². The number of phenols is 1. The highest BCUT2D eigenvalue weighted by atomic mass is 32.2. The minimum atomic E-state index is -2.24. The number of thioether (sulfide) groups is 1. The fourth-order valence-corrected chi connectivity index (χ4v) is 23.9. The van der Waals surface area contributed by atoms with Crippen molar-refractivity contribution >= 4 is 118 Å². The molecule has 4 aliphatic heterocycles. The minimum absolute atomic E-state index is 0.0127. The van der Waals surface area contributed by atoms with Crippen molar-refractivity contribution in [2.75, 3.05) is 46.4 Å². The second-order valence-corrected chi connectivity index (χ2v) is 44.0. The molecule has 7 amide bonds. The number of fused-ring (bicyclic) bond motifs is 5. The fourth-order valence-electron chi connectivity index (χ4n) is 22.4. The number of guanidine groups is 2. The molecule has 14 N–H and O–H groups in total. The molecule has 2 saturated carbocycles.